The van der Waals surface area contributed by atoms with Crippen LogP contribution in [0, 0.1) is 5.82 Å². The Morgan fingerprint density at radius 2 is 2.24 bits per heavy atom. The molecule has 112 valence electrons. The van der Waals surface area contributed by atoms with E-state index in [1.807, 2.05) is 5.38 Å². The number of carbonyl (C=O) groups is 1. The van der Waals surface area contributed by atoms with Crippen molar-refractivity contribution in [2.45, 2.75) is 12.5 Å². The van der Waals surface area contributed by atoms with Crippen LogP contribution in [0.1, 0.15) is 22.8 Å². The molecule has 0 aliphatic heterocycles. The average molecular weight is 309 g/mol. The van der Waals surface area contributed by atoms with E-state index in [1.165, 1.54) is 36.6 Å². The van der Waals surface area contributed by atoms with E-state index in [0.717, 1.165) is 0 Å². The second kappa shape index (κ2) is 6.24. The van der Waals surface area contributed by atoms with Gasteiger partial charge in [0.1, 0.15) is 5.60 Å². The summed E-state index contributed by atoms with van der Waals surface area (Å²) in [7, 11) is 1.33. The molecule has 0 bridgehead atoms. The number of thiophene rings is 1. The monoisotopic (exact) mass is 309 g/mol. The van der Waals surface area contributed by atoms with Gasteiger partial charge in [0.25, 0.3) is 5.91 Å². The third-order valence-corrected chi connectivity index (χ3v) is 3.85. The van der Waals surface area contributed by atoms with Gasteiger partial charge in [-0.25, -0.2) is 4.39 Å². The predicted molar refractivity (Wildman–Crippen MR) is 79.2 cm³/mol. The van der Waals surface area contributed by atoms with Gasteiger partial charge < -0.3 is 15.2 Å². The number of nitrogens with one attached hydrogen (secondary N) is 1. The fourth-order valence-electron chi connectivity index (χ4n) is 1.86. The summed E-state index contributed by atoms with van der Waals surface area (Å²) in [5.41, 5.74) is -0.611. The Hall–Kier alpha value is -1.92. The van der Waals surface area contributed by atoms with Gasteiger partial charge in [0.15, 0.2) is 11.6 Å². The van der Waals surface area contributed by atoms with Crippen molar-refractivity contribution in [3.63, 3.8) is 0 Å². The lowest BCUT2D eigenvalue weighted by Crippen LogP contribution is -2.38. The van der Waals surface area contributed by atoms with Gasteiger partial charge in [-0.1, -0.05) is 6.07 Å². The SMILES string of the molecule is COc1cccc(C(=O)NCC(C)(O)c2ccsc2)c1F. The minimum atomic E-state index is -1.20. The molecule has 1 aromatic carbocycles. The third-order valence-electron chi connectivity index (χ3n) is 3.16. The number of carbonyl (C=O) groups excluding carboxylic acids is 1. The minimum Gasteiger partial charge on any atom is -0.494 e. The fraction of sp³-hybridized carbons (Fsp3) is 0.267. The lowest BCUT2D eigenvalue weighted by Gasteiger charge is -2.23. The number of hydrogen-bond donors (Lipinski definition) is 2. The smallest absolute Gasteiger partial charge is 0.254 e. The number of halogens is 1. The molecule has 1 heterocycles. The van der Waals surface area contributed by atoms with Crippen molar-refractivity contribution >= 4 is 17.2 Å². The van der Waals surface area contributed by atoms with Crippen LogP contribution in [0.25, 0.3) is 0 Å². The molecule has 6 heteroatoms. The van der Waals surface area contributed by atoms with Crippen molar-refractivity contribution in [2.24, 2.45) is 0 Å². The molecule has 2 rings (SSSR count). The Morgan fingerprint density at radius 1 is 1.48 bits per heavy atom. The number of hydrogen-bond acceptors (Lipinski definition) is 4. The molecule has 0 saturated carbocycles. The molecule has 2 aromatic rings. The molecule has 0 fully saturated rings. The first-order valence-electron chi connectivity index (χ1n) is 6.31. The molecular formula is C15H16FNO3S. The van der Waals surface area contributed by atoms with Crippen LogP contribution in [-0.2, 0) is 5.60 Å². The predicted octanol–water partition coefficient (Wildman–Crippen LogP) is 2.53. The van der Waals surface area contributed by atoms with Crippen molar-refractivity contribution < 1.29 is 19.0 Å². The molecule has 1 aromatic heterocycles. The summed E-state index contributed by atoms with van der Waals surface area (Å²) in [4.78, 5) is 12.0. The lowest BCUT2D eigenvalue weighted by atomic mass is 9.99. The van der Waals surface area contributed by atoms with Gasteiger partial charge in [-0.05, 0) is 41.4 Å². The van der Waals surface area contributed by atoms with Gasteiger partial charge in [-0.2, -0.15) is 11.3 Å². The number of aliphatic hydroxyl groups is 1. The van der Waals surface area contributed by atoms with Gasteiger partial charge in [0, 0.05) is 0 Å². The number of benzene rings is 1. The maximum atomic E-state index is 14.0. The maximum absolute atomic E-state index is 14.0. The molecule has 0 aliphatic rings. The molecule has 0 saturated heterocycles. The van der Waals surface area contributed by atoms with Gasteiger partial charge in [-0.3, -0.25) is 4.79 Å². The van der Waals surface area contributed by atoms with Crippen LogP contribution in [0.2, 0.25) is 0 Å². The molecule has 0 radical (unpaired) electrons. The van der Waals surface area contributed by atoms with E-state index in [1.54, 1.807) is 18.4 Å². The first kappa shape index (κ1) is 15.5. The highest BCUT2D eigenvalue weighted by atomic mass is 32.1. The van der Waals surface area contributed by atoms with E-state index in [9.17, 15) is 14.3 Å². The van der Waals surface area contributed by atoms with E-state index >= 15 is 0 Å². The van der Waals surface area contributed by atoms with E-state index in [4.69, 9.17) is 4.74 Å². The van der Waals surface area contributed by atoms with Crippen molar-refractivity contribution in [2.75, 3.05) is 13.7 Å². The number of rotatable bonds is 5. The Bertz CT molecular complexity index is 626. The molecule has 1 amide bonds. The maximum Gasteiger partial charge on any atom is 0.254 e. The summed E-state index contributed by atoms with van der Waals surface area (Å²) in [6.07, 6.45) is 0. The van der Waals surface area contributed by atoms with Crippen LogP contribution in [0.4, 0.5) is 4.39 Å². The number of amides is 1. The fourth-order valence-corrected chi connectivity index (χ4v) is 2.65. The van der Waals surface area contributed by atoms with Gasteiger partial charge >= 0.3 is 0 Å². The minimum absolute atomic E-state index is 0.00671. The standard InChI is InChI=1S/C15H16FNO3S/c1-15(19,10-6-7-21-8-10)9-17-14(18)11-4-3-5-12(20-2)13(11)16/h3-8,19H,9H2,1-2H3,(H,17,18). The first-order chi connectivity index (χ1) is 9.95. The zero-order chi connectivity index (χ0) is 15.5. The van der Waals surface area contributed by atoms with Crippen molar-refractivity contribution in [1.29, 1.82) is 0 Å². The molecule has 4 nitrogen and oxygen atoms in total. The van der Waals surface area contributed by atoms with Gasteiger partial charge in [0.2, 0.25) is 0 Å². The highest BCUT2D eigenvalue weighted by molar-refractivity contribution is 7.08. The summed E-state index contributed by atoms with van der Waals surface area (Å²) in [6, 6.07) is 6.12. The molecule has 0 aliphatic carbocycles. The second-order valence-electron chi connectivity index (χ2n) is 4.79. The zero-order valence-corrected chi connectivity index (χ0v) is 12.5. The molecule has 2 N–H and O–H groups in total. The topological polar surface area (TPSA) is 58.6 Å². The van der Waals surface area contributed by atoms with Crippen LogP contribution in [0.3, 0.4) is 0 Å². The van der Waals surface area contributed by atoms with E-state index in [0.29, 0.717) is 5.56 Å². The summed E-state index contributed by atoms with van der Waals surface area (Å²) < 4.78 is 18.8. The quantitative estimate of drug-likeness (QED) is 0.892. The molecule has 0 spiro atoms. The van der Waals surface area contributed by atoms with Gasteiger partial charge in [0.05, 0.1) is 19.2 Å². The molecule has 1 atom stereocenters. The summed E-state index contributed by atoms with van der Waals surface area (Å²) >= 11 is 1.46. The Kier molecular flexibility index (Phi) is 4.59. The number of methoxy groups -OCH3 is 1. The largest absolute Gasteiger partial charge is 0.494 e. The zero-order valence-electron chi connectivity index (χ0n) is 11.7. The van der Waals surface area contributed by atoms with Crippen LogP contribution >= 0.6 is 11.3 Å². The normalized spacial score (nSPS) is 13.5. The third kappa shape index (κ3) is 3.40. The Balaban J connectivity index is 2.09. The molecule has 21 heavy (non-hydrogen) atoms. The highest BCUT2D eigenvalue weighted by Gasteiger charge is 2.25. The first-order valence-corrected chi connectivity index (χ1v) is 7.26. The van der Waals surface area contributed by atoms with E-state index in [-0.39, 0.29) is 17.9 Å². The Morgan fingerprint density at radius 3 is 2.86 bits per heavy atom. The van der Waals surface area contributed by atoms with Crippen molar-refractivity contribution in [3.05, 3.63) is 52.0 Å². The summed E-state index contributed by atoms with van der Waals surface area (Å²) in [6.45, 7) is 1.58. The van der Waals surface area contributed by atoms with Crippen LogP contribution < -0.4 is 10.1 Å². The average Bonchev–Trinajstić information content (AvgIpc) is 3.00. The molecule has 1 unspecified atom stereocenters. The van der Waals surface area contributed by atoms with Crippen molar-refractivity contribution in [3.8, 4) is 5.75 Å². The summed E-state index contributed by atoms with van der Waals surface area (Å²) in [5, 5.41) is 16.5. The Labute approximate surface area is 126 Å². The molecular weight excluding hydrogens is 293 g/mol. The lowest BCUT2D eigenvalue weighted by molar-refractivity contribution is 0.0528. The van der Waals surface area contributed by atoms with E-state index in [2.05, 4.69) is 5.32 Å². The van der Waals surface area contributed by atoms with Crippen LogP contribution in [0.15, 0.2) is 35.0 Å². The number of ether oxygens (including phenoxy) is 1. The summed E-state index contributed by atoms with van der Waals surface area (Å²) in [5.74, 6) is -1.30. The van der Waals surface area contributed by atoms with Crippen LogP contribution in [-0.4, -0.2) is 24.7 Å². The highest BCUT2D eigenvalue weighted by Crippen LogP contribution is 2.23. The van der Waals surface area contributed by atoms with E-state index < -0.39 is 17.3 Å². The van der Waals surface area contributed by atoms with Crippen LogP contribution in [0.5, 0.6) is 5.75 Å². The van der Waals surface area contributed by atoms with Gasteiger partial charge in [-0.15, -0.1) is 0 Å². The van der Waals surface area contributed by atoms with Crippen molar-refractivity contribution in [1.82, 2.24) is 5.32 Å². The second-order valence-corrected chi connectivity index (χ2v) is 5.57.